The molecule has 0 spiro atoms. The first-order valence-electron chi connectivity index (χ1n) is 8.26. The van der Waals surface area contributed by atoms with Crippen molar-refractivity contribution >= 4 is 17.5 Å². The van der Waals surface area contributed by atoms with E-state index in [2.05, 4.69) is 20.2 Å². The van der Waals surface area contributed by atoms with Gasteiger partial charge in [-0.05, 0) is 25.5 Å². The van der Waals surface area contributed by atoms with Gasteiger partial charge in [0, 0.05) is 13.1 Å². The van der Waals surface area contributed by atoms with Crippen LogP contribution in [0.3, 0.4) is 0 Å². The number of nitrogens with one attached hydrogen (secondary N) is 1. The number of halogens is 1. The lowest BCUT2D eigenvalue weighted by molar-refractivity contribution is -0.115. The van der Waals surface area contributed by atoms with Gasteiger partial charge in [-0.2, -0.15) is 0 Å². The second-order valence-corrected chi connectivity index (χ2v) is 5.99. The lowest BCUT2D eigenvalue weighted by Gasteiger charge is -2.27. The van der Waals surface area contributed by atoms with Crippen LogP contribution < -0.4 is 10.2 Å². The molecule has 1 aromatic heterocycles. The zero-order valence-corrected chi connectivity index (χ0v) is 14.4. The summed E-state index contributed by atoms with van der Waals surface area (Å²) in [4.78, 5) is 23.3. The molecular weight excluding hydrogens is 323 g/mol. The third-order valence-corrected chi connectivity index (χ3v) is 4.13. The van der Waals surface area contributed by atoms with E-state index in [0.717, 1.165) is 13.1 Å². The smallest absolute Gasteiger partial charge is 0.229 e. The highest BCUT2D eigenvalue weighted by molar-refractivity contribution is 5.93. The number of amides is 1. The van der Waals surface area contributed by atoms with Crippen LogP contribution in [-0.4, -0.2) is 42.2 Å². The van der Waals surface area contributed by atoms with E-state index in [1.54, 1.807) is 18.2 Å². The molecule has 0 atom stereocenters. The molecule has 1 aliphatic heterocycles. The first-order valence-corrected chi connectivity index (χ1v) is 8.26. The molecule has 132 valence electrons. The number of anilines is 2. The number of hydrogen-bond acceptors (Lipinski definition) is 5. The summed E-state index contributed by atoms with van der Waals surface area (Å²) >= 11 is 0. The Bertz CT molecular complexity index is 752. The molecule has 3 rings (SSSR count). The van der Waals surface area contributed by atoms with Crippen LogP contribution in [-0.2, 0) is 16.0 Å². The van der Waals surface area contributed by atoms with Gasteiger partial charge in [-0.1, -0.05) is 18.2 Å². The molecule has 7 heteroatoms. The molecule has 0 aliphatic carbocycles. The molecule has 2 aromatic rings. The molecule has 1 fully saturated rings. The molecule has 1 aliphatic rings. The van der Waals surface area contributed by atoms with Gasteiger partial charge in [0.25, 0.3) is 0 Å². The number of aromatic nitrogens is 2. The highest BCUT2D eigenvalue weighted by atomic mass is 19.1. The number of nitrogens with zero attached hydrogens (tertiary/aromatic N) is 3. The maximum atomic E-state index is 13.7. The third-order valence-electron chi connectivity index (χ3n) is 4.13. The van der Waals surface area contributed by atoms with Gasteiger partial charge in [0.05, 0.1) is 36.7 Å². The monoisotopic (exact) mass is 344 g/mol. The number of carbonyl (C=O) groups is 1. The molecule has 1 N–H and O–H groups in total. The Kier molecular flexibility index (Phi) is 5.23. The minimum absolute atomic E-state index is 0.0310. The highest BCUT2D eigenvalue weighted by Crippen LogP contribution is 2.21. The minimum atomic E-state index is -0.384. The summed E-state index contributed by atoms with van der Waals surface area (Å²) in [7, 11) is 0. The van der Waals surface area contributed by atoms with E-state index in [0.29, 0.717) is 41.8 Å². The lowest BCUT2D eigenvalue weighted by Crippen LogP contribution is -2.37. The van der Waals surface area contributed by atoms with Crippen molar-refractivity contribution in [1.82, 2.24) is 9.97 Å². The van der Waals surface area contributed by atoms with Crippen molar-refractivity contribution in [3.05, 3.63) is 47.0 Å². The van der Waals surface area contributed by atoms with Gasteiger partial charge in [-0.15, -0.1) is 0 Å². The molecule has 0 saturated carbocycles. The van der Waals surface area contributed by atoms with E-state index in [1.165, 1.54) is 6.07 Å². The highest BCUT2D eigenvalue weighted by Gasteiger charge is 2.18. The van der Waals surface area contributed by atoms with E-state index in [9.17, 15) is 9.18 Å². The summed E-state index contributed by atoms with van der Waals surface area (Å²) in [6.07, 6.45) is -0.0310. The maximum Gasteiger partial charge on any atom is 0.229 e. The van der Waals surface area contributed by atoms with Gasteiger partial charge in [-0.25, -0.2) is 14.4 Å². The normalized spacial score (nSPS) is 14.4. The summed E-state index contributed by atoms with van der Waals surface area (Å²) in [5.41, 5.74) is 2.33. The molecule has 2 heterocycles. The van der Waals surface area contributed by atoms with Crippen LogP contribution in [0.5, 0.6) is 0 Å². The second kappa shape index (κ2) is 7.57. The van der Waals surface area contributed by atoms with Gasteiger partial charge in [0.15, 0.2) is 0 Å². The molecule has 1 amide bonds. The number of carbonyl (C=O) groups excluding carboxylic acids is 1. The largest absolute Gasteiger partial charge is 0.378 e. The van der Waals surface area contributed by atoms with Gasteiger partial charge in [0.2, 0.25) is 11.9 Å². The number of ether oxygens (including phenoxy) is 1. The van der Waals surface area contributed by atoms with Crippen molar-refractivity contribution < 1.29 is 13.9 Å². The Morgan fingerprint density at radius 2 is 1.84 bits per heavy atom. The van der Waals surface area contributed by atoms with Crippen LogP contribution in [0.2, 0.25) is 0 Å². The van der Waals surface area contributed by atoms with Crippen LogP contribution >= 0.6 is 0 Å². The molecule has 6 nitrogen and oxygen atoms in total. The fourth-order valence-electron chi connectivity index (χ4n) is 2.78. The van der Waals surface area contributed by atoms with Gasteiger partial charge >= 0.3 is 0 Å². The SMILES string of the molecule is Cc1nc(N2CCOCC2)nc(C)c1NC(=O)Cc1ccccc1F. The topological polar surface area (TPSA) is 67.3 Å². The van der Waals surface area contributed by atoms with E-state index < -0.39 is 0 Å². The molecule has 0 radical (unpaired) electrons. The fraction of sp³-hybridized carbons (Fsp3) is 0.389. The predicted octanol–water partition coefficient (Wildman–Crippen LogP) is 2.25. The molecular formula is C18H21FN4O2. The third kappa shape index (κ3) is 4.11. The van der Waals surface area contributed by atoms with Crippen molar-refractivity contribution in [3.8, 4) is 0 Å². The Hall–Kier alpha value is -2.54. The Morgan fingerprint density at radius 1 is 1.20 bits per heavy atom. The number of morpholine rings is 1. The molecule has 1 saturated heterocycles. The average molecular weight is 344 g/mol. The van der Waals surface area contributed by atoms with Gasteiger partial charge in [0.1, 0.15) is 5.82 Å². The Labute approximate surface area is 146 Å². The van der Waals surface area contributed by atoms with Crippen molar-refractivity contribution in [1.29, 1.82) is 0 Å². The first kappa shape index (κ1) is 17.3. The van der Waals surface area contributed by atoms with Crippen molar-refractivity contribution in [2.75, 3.05) is 36.5 Å². The number of rotatable bonds is 4. The number of benzene rings is 1. The van der Waals surface area contributed by atoms with Gasteiger partial charge < -0.3 is 15.0 Å². The first-order chi connectivity index (χ1) is 12.0. The standard InChI is InChI=1S/C18H21FN4O2/c1-12-17(22-16(24)11-14-5-3-4-6-15(14)19)13(2)21-18(20-12)23-7-9-25-10-8-23/h3-6H,7-11H2,1-2H3,(H,22,24). The number of hydrogen-bond donors (Lipinski definition) is 1. The van der Waals surface area contributed by atoms with E-state index >= 15 is 0 Å². The van der Waals surface area contributed by atoms with Crippen LogP contribution in [0.15, 0.2) is 24.3 Å². The quantitative estimate of drug-likeness (QED) is 0.921. The second-order valence-electron chi connectivity index (χ2n) is 5.99. The van der Waals surface area contributed by atoms with Crippen LogP contribution in [0.4, 0.5) is 16.0 Å². The van der Waals surface area contributed by atoms with Crippen molar-refractivity contribution in [2.45, 2.75) is 20.3 Å². The predicted molar refractivity (Wildman–Crippen MR) is 93.3 cm³/mol. The van der Waals surface area contributed by atoms with Crippen LogP contribution in [0, 0.1) is 19.7 Å². The molecule has 0 unspecified atom stereocenters. The summed E-state index contributed by atoms with van der Waals surface area (Å²) in [6.45, 7) is 6.47. The summed E-state index contributed by atoms with van der Waals surface area (Å²) in [5, 5.41) is 2.81. The summed E-state index contributed by atoms with van der Waals surface area (Å²) < 4.78 is 19.0. The van der Waals surface area contributed by atoms with E-state index in [4.69, 9.17) is 4.74 Å². The zero-order valence-electron chi connectivity index (χ0n) is 14.4. The molecule has 25 heavy (non-hydrogen) atoms. The number of aryl methyl sites for hydroxylation is 2. The summed E-state index contributed by atoms with van der Waals surface area (Å²) in [6, 6.07) is 6.26. The average Bonchev–Trinajstić information content (AvgIpc) is 2.61. The molecule has 1 aromatic carbocycles. The van der Waals surface area contributed by atoms with Crippen molar-refractivity contribution in [2.24, 2.45) is 0 Å². The lowest BCUT2D eigenvalue weighted by atomic mass is 10.1. The van der Waals surface area contributed by atoms with E-state index in [-0.39, 0.29) is 18.1 Å². The summed E-state index contributed by atoms with van der Waals surface area (Å²) in [5.74, 6) is -0.0329. The maximum absolute atomic E-state index is 13.7. The van der Waals surface area contributed by atoms with Gasteiger partial charge in [-0.3, -0.25) is 4.79 Å². The van der Waals surface area contributed by atoms with Crippen LogP contribution in [0.25, 0.3) is 0 Å². The zero-order chi connectivity index (χ0) is 17.8. The molecule has 0 bridgehead atoms. The van der Waals surface area contributed by atoms with Crippen molar-refractivity contribution in [3.63, 3.8) is 0 Å². The minimum Gasteiger partial charge on any atom is -0.378 e. The van der Waals surface area contributed by atoms with Crippen LogP contribution in [0.1, 0.15) is 17.0 Å². The Balaban J connectivity index is 1.74. The van der Waals surface area contributed by atoms with E-state index in [1.807, 2.05) is 13.8 Å². The fourth-order valence-corrected chi connectivity index (χ4v) is 2.78. The Morgan fingerprint density at radius 3 is 2.48 bits per heavy atom.